The van der Waals surface area contributed by atoms with Gasteiger partial charge in [0.05, 0.1) is 18.4 Å². The lowest BCUT2D eigenvalue weighted by atomic mass is 9.88. The van der Waals surface area contributed by atoms with E-state index in [4.69, 9.17) is 14.7 Å². The Morgan fingerprint density at radius 2 is 1.93 bits per heavy atom. The van der Waals surface area contributed by atoms with Crippen LogP contribution in [0.2, 0.25) is 0 Å². The maximum absolute atomic E-state index is 12.7. The summed E-state index contributed by atoms with van der Waals surface area (Å²) >= 11 is 0. The third-order valence-corrected chi connectivity index (χ3v) is 5.21. The number of nitrogens with zero attached hydrogens (tertiary/aromatic N) is 4. The van der Waals surface area contributed by atoms with Gasteiger partial charge in [0.2, 0.25) is 0 Å². The van der Waals surface area contributed by atoms with Gasteiger partial charge < -0.3 is 25.1 Å². The number of aromatic nitrogens is 1. The molecule has 1 aromatic heterocycles. The van der Waals surface area contributed by atoms with Crippen molar-refractivity contribution in [3.63, 3.8) is 0 Å². The van der Waals surface area contributed by atoms with Crippen molar-refractivity contribution in [2.75, 3.05) is 31.5 Å². The second-order valence-electron chi connectivity index (χ2n) is 7.29. The van der Waals surface area contributed by atoms with E-state index >= 15 is 0 Å². The maximum Gasteiger partial charge on any atom is 0.320 e. The number of carbonyl (C=O) groups excluding carboxylic acids is 2. The number of anilines is 1. The zero-order chi connectivity index (χ0) is 20.7. The van der Waals surface area contributed by atoms with E-state index in [0.717, 1.165) is 45.3 Å². The molecule has 10 nitrogen and oxygen atoms in total. The summed E-state index contributed by atoms with van der Waals surface area (Å²) in [5, 5.41) is 13.7. The van der Waals surface area contributed by atoms with Crippen LogP contribution in [0.3, 0.4) is 0 Å². The molecule has 0 radical (unpaired) electrons. The Morgan fingerprint density at radius 1 is 1.21 bits per heavy atom. The number of rotatable bonds is 2. The van der Waals surface area contributed by atoms with Crippen LogP contribution < -0.4 is 5.32 Å². The molecule has 4 rings (SSSR count). The van der Waals surface area contributed by atoms with Gasteiger partial charge in [0.1, 0.15) is 5.71 Å². The van der Waals surface area contributed by atoms with E-state index in [9.17, 15) is 9.59 Å². The van der Waals surface area contributed by atoms with Crippen LogP contribution in [0.1, 0.15) is 32.1 Å². The van der Waals surface area contributed by atoms with Crippen LogP contribution in [-0.2, 0) is 14.4 Å². The normalized spacial score (nSPS) is 23.0. The van der Waals surface area contributed by atoms with Crippen LogP contribution >= 0.6 is 0 Å². The molecule has 0 saturated carbocycles. The molecule has 1 aromatic rings. The highest BCUT2D eigenvalue weighted by molar-refractivity contribution is 6.43. The molecule has 3 aliphatic rings. The second kappa shape index (κ2) is 9.35. The van der Waals surface area contributed by atoms with Gasteiger partial charge in [-0.05, 0) is 37.8 Å². The quantitative estimate of drug-likeness (QED) is 0.722. The van der Waals surface area contributed by atoms with Gasteiger partial charge in [-0.2, -0.15) is 0 Å². The second-order valence-corrected chi connectivity index (χ2v) is 7.29. The minimum Gasteiger partial charge on any atom is -0.483 e. The first-order chi connectivity index (χ1) is 14.1. The molecule has 2 N–H and O–H groups in total. The SMILES string of the molecule is O=C(Nc1cccnc1)C1=NOC2(CCCN(C(=O)N3CCCC3)C2)C1.O=CO. The molecular formula is C19H25N5O5. The Labute approximate surface area is 168 Å². The lowest BCUT2D eigenvalue weighted by Crippen LogP contribution is -2.53. The summed E-state index contributed by atoms with van der Waals surface area (Å²) in [5.74, 6) is -0.280. The molecule has 10 heteroatoms. The van der Waals surface area contributed by atoms with Crippen molar-refractivity contribution in [3.05, 3.63) is 24.5 Å². The van der Waals surface area contributed by atoms with Gasteiger partial charge in [-0.1, -0.05) is 5.16 Å². The Morgan fingerprint density at radius 3 is 2.62 bits per heavy atom. The molecule has 2 fully saturated rings. The molecule has 1 spiro atoms. The zero-order valence-corrected chi connectivity index (χ0v) is 16.1. The van der Waals surface area contributed by atoms with Crippen molar-refractivity contribution < 1.29 is 24.3 Å². The number of hydrogen-bond acceptors (Lipinski definition) is 6. The number of likely N-dealkylation sites (tertiary alicyclic amines) is 2. The number of hydrogen-bond donors (Lipinski definition) is 2. The van der Waals surface area contributed by atoms with E-state index in [2.05, 4.69) is 15.5 Å². The van der Waals surface area contributed by atoms with Crippen molar-refractivity contribution in [1.82, 2.24) is 14.8 Å². The molecule has 156 valence electrons. The summed E-state index contributed by atoms with van der Waals surface area (Å²) in [5.41, 5.74) is 0.412. The number of carboxylic acid groups (broad SMARTS) is 1. The highest BCUT2D eigenvalue weighted by Gasteiger charge is 2.46. The Balaban J connectivity index is 0.000000755. The van der Waals surface area contributed by atoms with Gasteiger partial charge in [0.25, 0.3) is 12.4 Å². The molecule has 0 bridgehead atoms. The van der Waals surface area contributed by atoms with Gasteiger partial charge in [-0.3, -0.25) is 14.6 Å². The minimum atomic E-state index is -0.574. The fourth-order valence-corrected chi connectivity index (χ4v) is 3.87. The van der Waals surface area contributed by atoms with Crippen molar-refractivity contribution in [3.8, 4) is 0 Å². The summed E-state index contributed by atoms with van der Waals surface area (Å²) in [6.45, 7) is 2.63. The molecule has 3 aliphatic heterocycles. The molecule has 0 aliphatic carbocycles. The number of carbonyl (C=O) groups is 3. The van der Waals surface area contributed by atoms with E-state index < -0.39 is 5.60 Å². The van der Waals surface area contributed by atoms with Crippen molar-refractivity contribution in [2.45, 2.75) is 37.7 Å². The summed E-state index contributed by atoms with van der Waals surface area (Å²) in [6.07, 6.45) is 7.45. The van der Waals surface area contributed by atoms with E-state index in [0.29, 0.717) is 24.4 Å². The standard InChI is InChI=1S/C18H23N5O3.CH2O2/c24-16(20-14-5-3-7-19-12-14)15-11-18(26-21-15)6-4-10-23(13-18)17(25)22-8-1-2-9-22;2-1-3/h3,5,7,12H,1-2,4,6,8-11,13H2,(H,20,24);1H,(H,2,3). The highest BCUT2D eigenvalue weighted by atomic mass is 16.7. The summed E-state index contributed by atoms with van der Waals surface area (Å²) in [7, 11) is 0. The van der Waals surface area contributed by atoms with Crippen LogP contribution in [0.4, 0.5) is 10.5 Å². The van der Waals surface area contributed by atoms with Gasteiger partial charge in [0, 0.05) is 32.3 Å². The van der Waals surface area contributed by atoms with E-state index in [1.165, 1.54) is 0 Å². The highest BCUT2D eigenvalue weighted by Crippen LogP contribution is 2.34. The molecule has 0 aromatic carbocycles. The number of urea groups is 1. The predicted octanol–water partition coefficient (Wildman–Crippen LogP) is 1.55. The van der Waals surface area contributed by atoms with Gasteiger partial charge in [-0.25, -0.2) is 4.79 Å². The van der Waals surface area contributed by atoms with Crippen molar-refractivity contribution in [1.29, 1.82) is 0 Å². The summed E-state index contributed by atoms with van der Waals surface area (Å²) in [4.78, 5) is 46.9. The molecule has 4 heterocycles. The first kappa shape index (κ1) is 20.6. The number of nitrogens with one attached hydrogen (secondary N) is 1. The van der Waals surface area contributed by atoms with Gasteiger partial charge >= 0.3 is 6.03 Å². The molecule has 1 unspecified atom stereocenters. The fourth-order valence-electron chi connectivity index (χ4n) is 3.87. The van der Waals surface area contributed by atoms with Gasteiger partial charge in [0.15, 0.2) is 5.60 Å². The van der Waals surface area contributed by atoms with E-state index in [-0.39, 0.29) is 18.4 Å². The summed E-state index contributed by atoms with van der Waals surface area (Å²) in [6, 6.07) is 3.61. The monoisotopic (exact) mass is 403 g/mol. The van der Waals surface area contributed by atoms with Gasteiger partial charge in [-0.15, -0.1) is 0 Å². The average Bonchev–Trinajstić information content (AvgIpc) is 3.40. The molecule has 29 heavy (non-hydrogen) atoms. The fraction of sp³-hybridized carbons (Fsp3) is 0.526. The molecular weight excluding hydrogens is 378 g/mol. The molecule has 3 amide bonds. The smallest absolute Gasteiger partial charge is 0.320 e. The van der Waals surface area contributed by atoms with Crippen molar-refractivity contribution >= 4 is 29.8 Å². The Hall–Kier alpha value is -3.17. The van der Waals surface area contributed by atoms with E-state index in [1.807, 2.05) is 9.80 Å². The molecule has 1 atom stereocenters. The largest absolute Gasteiger partial charge is 0.483 e. The number of amides is 3. The van der Waals surface area contributed by atoms with E-state index in [1.54, 1.807) is 24.5 Å². The number of oxime groups is 1. The zero-order valence-electron chi connectivity index (χ0n) is 16.1. The van der Waals surface area contributed by atoms with Crippen LogP contribution in [0.5, 0.6) is 0 Å². The van der Waals surface area contributed by atoms with Crippen LogP contribution in [0.15, 0.2) is 29.7 Å². The number of piperidine rings is 1. The lowest BCUT2D eigenvalue weighted by molar-refractivity contribution is -0.122. The van der Waals surface area contributed by atoms with Crippen LogP contribution in [0, 0.1) is 0 Å². The Kier molecular flexibility index (Phi) is 6.63. The van der Waals surface area contributed by atoms with Crippen molar-refractivity contribution in [2.24, 2.45) is 5.16 Å². The van der Waals surface area contributed by atoms with Crippen LogP contribution in [0.25, 0.3) is 0 Å². The first-order valence-corrected chi connectivity index (χ1v) is 9.65. The first-order valence-electron chi connectivity index (χ1n) is 9.65. The minimum absolute atomic E-state index is 0.0819. The third kappa shape index (κ3) is 5.01. The summed E-state index contributed by atoms with van der Waals surface area (Å²) < 4.78 is 0. The topological polar surface area (TPSA) is 124 Å². The third-order valence-electron chi connectivity index (χ3n) is 5.21. The number of pyridine rings is 1. The van der Waals surface area contributed by atoms with Crippen LogP contribution in [-0.4, -0.2) is 75.8 Å². The lowest BCUT2D eigenvalue weighted by Gasteiger charge is -2.39. The average molecular weight is 403 g/mol. The maximum atomic E-state index is 12.7. The Bertz CT molecular complexity index is 766. The predicted molar refractivity (Wildman–Crippen MR) is 104 cm³/mol. The molecule has 2 saturated heterocycles.